The molecule has 0 saturated carbocycles. The van der Waals surface area contributed by atoms with Crippen LogP contribution in [0.3, 0.4) is 0 Å². The highest BCUT2D eigenvalue weighted by molar-refractivity contribution is 5.80. The molecule has 7 nitrogen and oxygen atoms in total. The van der Waals surface area contributed by atoms with Crippen LogP contribution in [0.25, 0.3) is 0 Å². The zero-order chi connectivity index (χ0) is 19.2. The lowest BCUT2D eigenvalue weighted by Crippen LogP contribution is -2.51. The number of likely N-dealkylation sites (tertiary alicyclic amines) is 2. The lowest BCUT2D eigenvalue weighted by Gasteiger charge is -2.41. The number of carbonyl (C=O) groups excluding carboxylic acids is 2. The van der Waals surface area contributed by atoms with Gasteiger partial charge < -0.3 is 20.2 Å². The molecule has 0 bridgehead atoms. The van der Waals surface area contributed by atoms with E-state index in [1.165, 1.54) is 6.92 Å². The number of pyridine rings is 1. The third-order valence-electron chi connectivity index (χ3n) is 5.72. The number of aliphatic hydroxyl groups excluding tert-OH is 1. The molecule has 148 valence electrons. The Hall–Kier alpha value is -1.99. The van der Waals surface area contributed by atoms with Gasteiger partial charge in [0.15, 0.2) is 0 Å². The number of carbonyl (C=O) groups is 2. The topological polar surface area (TPSA) is 85.8 Å². The summed E-state index contributed by atoms with van der Waals surface area (Å²) in [7, 11) is 0. The molecule has 2 amide bonds. The van der Waals surface area contributed by atoms with Crippen molar-refractivity contribution in [3.63, 3.8) is 0 Å². The Labute approximate surface area is 160 Å². The molecule has 7 heteroatoms. The minimum Gasteiger partial charge on any atom is -0.384 e. The maximum absolute atomic E-state index is 12.4. The van der Waals surface area contributed by atoms with E-state index >= 15 is 0 Å². The lowest BCUT2D eigenvalue weighted by molar-refractivity contribution is -0.141. The summed E-state index contributed by atoms with van der Waals surface area (Å²) in [5, 5.41) is 12.4. The maximum Gasteiger partial charge on any atom is 0.251 e. The molecular formula is C20H30N4O3. The van der Waals surface area contributed by atoms with Crippen LogP contribution in [-0.4, -0.2) is 70.0 Å². The monoisotopic (exact) mass is 374 g/mol. The molecule has 2 N–H and O–H groups in total. The predicted octanol–water partition coefficient (Wildman–Crippen LogP) is 0.782. The standard InChI is InChI=1S/C20H30N4O3/c1-15(25)20(27)24-12-7-18(8-13-24)23-10-5-16(6-11-23)19(26)22-14-17-4-2-3-9-21-17/h2-4,9,15-16,18,25H,5-8,10-14H2,1H3,(H,22,26). The van der Waals surface area contributed by atoms with Gasteiger partial charge in [-0.2, -0.15) is 0 Å². The smallest absolute Gasteiger partial charge is 0.251 e. The average molecular weight is 374 g/mol. The molecule has 3 heterocycles. The Balaban J connectivity index is 1.39. The van der Waals surface area contributed by atoms with Gasteiger partial charge in [0.25, 0.3) is 5.91 Å². The first-order chi connectivity index (χ1) is 13.0. The van der Waals surface area contributed by atoms with Gasteiger partial charge in [0, 0.05) is 31.2 Å². The summed E-state index contributed by atoms with van der Waals surface area (Å²) in [6, 6.07) is 6.18. The first kappa shape index (κ1) is 19.8. The van der Waals surface area contributed by atoms with Crippen molar-refractivity contribution in [1.29, 1.82) is 0 Å². The van der Waals surface area contributed by atoms with Crippen LogP contribution in [0.15, 0.2) is 24.4 Å². The fourth-order valence-electron chi connectivity index (χ4n) is 4.07. The summed E-state index contributed by atoms with van der Waals surface area (Å²) in [4.78, 5) is 32.7. The molecule has 1 atom stereocenters. The van der Waals surface area contributed by atoms with Crippen molar-refractivity contribution < 1.29 is 14.7 Å². The van der Waals surface area contributed by atoms with Crippen LogP contribution >= 0.6 is 0 Å². The van der Waals surface area contributed by atoms with E-state index < -0.39 is 6.10 Å². The molecule has 0 aliphatic carbocycles. The van der Waals surface area contributed by atoms with E-state index in [4.69, 9.17) is 0 Å². The Bertz CT molecular complexity index is 621. The number of amides is 2. The second kappa shape index (κ2) is 9.28. The van der Waals surface area contributed by atoms with Gasteiger partial charge in [0.2, 0.25) is 5.91 Å². The second-order valence-corrected chi connectivity index (χ2v) is 7.58. The van der Waals surface area contributed by atoms with Crippen molar-refractivity contribution in [3.8, 4) is 0 Å². The van der Waals surface area contributed by atoms with E-state index in [9.17, 15) is 14.7 Å². The molecule has 1 aromatic heterocycles. The van der Waals surface area contributed by atoms with E-state index in [1.54, 1.807) is 11.1 Å². The summed E-state index contributed by atoms with van der Waals surface area (Å²) in [6.45, 7) is 5.28. The Kier molecular flexibility index (Phi) is 6.79. The van der Waals surface area contributed by atoms with Gasteiger partial charge in [-0.15, -0.1) is 0 Å². The van der Waals surface area contributed by atoms with Crippen LogP contribution in [0.1, 0.15) is 38.3 Å². The Morgan fingerprint density at radius 2 is 1.89 bits per heavy atom. The maximum atomic E-state index is 12.4. The summed E-state index contributed by atoms with van der Waals surface area (Å²) < 4.78 is 0. The van der Waals surface area contributed by atoms with E-state index in [-0.39, 0.29) is 17.7 Å². The molecule has 2 aliphatic heterocycles. The highest BCUT2D eigenvalue weighted by Crippen LogP contribution is 2.24. The molecule has 2 aliphatic rings. The third-order valence-corrected chi connectivity index (χ3v) is 5.72. The van der Waals surface area contributed by atoms with Crippen LogP contribution in [0.2, 0.25) is 0 Å². The van der Waals surface area contributed by atoms with Gasteiger partial charge >= 0.3 is 0 Å². The third kappa shape index (κ3) is 5.26. The Morgan fingerprint density at radius 1 is 1.19 bits per heavy atom. The number of aliphatic hydroxyl groups is 1. The van der Waals surface area contributed by atoms with Crippen LogP contribution < -0.4 is 5.32 Å². The number of piperidine rings is 2. The molecule has 1 unspecified atom stereocenters. The van der Waals surface area contributed by atoms with Gasteiger partial charge in [-0.25, -0.2) is 0 Å². The minimum absolute atomic E-state index is 0.0712. The summed E-state index contributed by atoms with van der Waals surface area (Å²) in [6.07, 6.45) is 4.45. The fraction of sp³-hybridized carbons (Fsp3) is 0.650. The number of hydrogen-bond acceptors (Lipinski definition) is 5. The number of hydrogen-bond donors (Lipinski definition) is 2. The Morgan fingerprint density at radius 3 is 2.48 bits per heavy atom. The number of nitrogens with zero attached hydrogens (tertiary/aromatic N) is 3. The molecule has 0 radical (unpaired) electrons. The molecular weight excluding hydrogens is 344 g/mol. The second-order valence-electron chi connectivity index (χ2n) is 7.58. The first-order valence-electron chi connectivity index (χ1n) is 9.93. The van der Waals surface area contributed by atoms with Crippen molar-refractivity contribution in [3.05, 3.63) is 30.1 Å². The number of rotatable bonds is 5. The highest BCUT2D eigenvalue weighted by atomic mass is 16.3. The van der Waals surface area contributed by atoms with Crippen LogP contribution in [0.5, 0.6) is 0 Å². The van der Waals surface area contributed by atoms with Crippen LogP contribution in [-0.2, 0) is 16.1 Å². The van der Waals surface area contributed by atoms with Crippen molar-refractivity contribution in [2.75, 3.05) is 26.2 Å². The summed E-state index contributed by atoms with van der Waals surface area (Å²) >= 11 is 0. The molecule has 0 aromatic carbocycles. The quantitative estimate of drug-likeness (QED) is 0.796. The van der Waals surface area contributed by atoms with Crippen LogP contribution in [0.4, 0.5) is 0 Å². The molecule has 3 rings (SSSR count). The minimum atomic E-state index is -0.915. The SMILES string of the molecule is CC(O)C(=O)N1CCC(N2CCC(C(=O)NCc3ccccn3)CC2)CC1. The number of aromatic nitrogens is 1. The van der Waals surface area contributed by atoms with E-state index in [0.29, 0.717) is 25.7 Å². The van der Waals surface area contributed by atoms with E-state index in [2.05, 4.69) is 15.2 Å². The molecule has 0 spiro atoms. The van der Waals surface area contributed by atoms with Gasteiger partial charge in [-0.05, 0) is 57.8 Å². The zero-order valence-electron chi connectivity index (χ0n) is 16.0. The lowest BCUT2D eigenvalue weighted by atomic mass is 9.92. The van der Waals surface area contributed by atoms with Crippen molar-refractivity contribution in [1.82, 2.24) is 20.1 Å². The van der Waals surface area contributed by atoms with E-state index in [1.807, 2.05) is 18.2 Å². The normalized spacial score (nSPS) is 21.0. The van der Waals surface area contributed by atoms with Crippen molar-refractivity contribution in [2.24, 2.45) is 5.92 Å². The molecule has 1 aromatic rings. The summed E-state index contributed by atoms with van der Waals surface area (Å²) in [5.41, 5.74) is 0.877. The molecule has 2 saturated heterocycles. The molecule has 27 heavy (non-hydrogen) atoms. The predicted molar refractivity (Wildman–Crippen MR) is 102 cm³/mol. The van der Waals surface area contributed by atoms with Crippen molar-refractivity contribution >= 4 is 11.8 Å². The largest absolute Gasteiger partial charge is 0.384 e. The van der Waals surface area contributed by atoms with Gasteiger partial charge in [0.05, 0.1) is 12.2 Å². The summed E-state index contributed by atoms with van der Waals surface area (Å²) in [5.74, 6) is 0.0243. The van der Waals surface area contributed by atoms with Crippen LogP contribution in [0, 0.1) is 5.92 Å². The number of nitrogens with one attached hydrogen (secondary N) is 1. The first-order valence-corrected chi connectivity index (χ1v) is 9.93. The van der Waals surface area contributed by atoms with Crippen molar-refractivity contribution in [2.45, 2.75) is 51.3 Å². The average Bonchev–Trinajstić information content (AvgIpc) is 2.72. The zero-order valence-corrected chi connectivity index (χ0v) is 16.0. The fourth-order valence-corrected chi connectivity index (χ4v) is 4.07. The van der Waals surface area contributed by atoms with E-state index in [0.717, 1.165) is 44.5 Å². The van der Waals surface area contributed by atoms with Gasteiger partial charge in [0.1, 0.15) is 6.10 Å². The van der Waals surface area contributed by atoms with Gasteiger partial charge in [-0.1, -0.05) is 6.07 Å². The highest BCUT2D eigenvalue weighted by Gasteiger charge is 2.32. The van der Waals surface area contributed by atoms with Gasteiger partial charge in [-0.3, -0.25) is 14.6 Å². The molecule has 2 fully saturated rings.